The van der Waals surface area contributed by atoms with Crippen LogP contribution < -0.4 is 30.2 Å². The first kappa shape index (κ1) is 50.2. The van der Waals surface area contributed by atoms with Crippen LogP contribution in [-0.4, -0.2) is 16.6 Å². The van der Waals surface area contributed by atoms with E-state index in [2.05, 4.69) is 113 Å². The summed E-state index contributed by atoms with van der Waals surface area (Å²) in [6.45, 7) is 4.62. The molecule has 0 unspecified atom stereocenters. The lowest BCUT2D eigenvalue weighted by Crippen LogP contribution is -2.58. The Hall–Kier alpha value is -5.28. The van der Waals surface area contributed by atoms with Crippen molar-refractivity contribution < 1.29 is 23.0 Å². The molecule has 0 spiro atoms. The number of nitrogens with one attached hydrogen (secondary N) is 3. The van der Waals surface area contributed by atoms with E-state index in [0.717, 1.165) is 101 Å². The minimum Gasteiger partial charge on any atom is -0.489 e. The summed E-state index contributed by atoms with van der Waals surface area (Å²) in [5.41, 5.74) is 7.65. The lowest BCUT2D eigenvalue weighted by Gasteiger charge is -2.57. The largest absolute Gasteiger partial charge is 0.489 e. The average molecular weight is 1020 g/mol. The van der Waals surface area contributed by atoms with Crippen LogP contribution in [0.3, 0.4) is 0 Å². The van der Waals surface area contributed by atoms with Gasteiger partial charge in [0.15, 0.2) is 0 Å². The van der Waals surface area contributed by atoms with Gasteiger partial charge in [-0.25, -0.2) is 0 Å². The summed E-state index contributed by atoms with van der Waals surface area (Å²) in [5, 5.41) is 11.9. The molecule has 400 valence electrons. The highest BCUT2D eigenvalue weighted by atomic mass is 16.5. The molecule has 2 heterocycles. The second-order valence-corrected chi connectivity index (χ2v) is 26.1. The summed E-state index contributed by atoms with van der Waals surface area (Å²) >= 11 is 0. The molecule has 3 N–H and O–H groups in total. The van der Waals surface area contributed by atoms with Crippen molar-refractivity contribution >= 4 is 0 Å². The number of furan rings is 2. The first-order valence-corrected chi connectivity index (χ1v) is 29.8. The van der Waals surface area contributed by atoms with Gasteiger partial charge in [0.1, 0.15) is 42.8 Å². The van der Waals surface area contributed by atoms with Gasteiger partial charge in [0.2, 0.25) is 0 Å². The Labute approximate surface area is 452 Å². The van der Waals surface area contributed by atoms with Crippen LogP contribution in [0.4, 0.5) is 0 Å². The van der Waals surface area contributed by atoms with Crippen LogP contribution in [0.2, 0.25) is 0 Å². The van der Waals surface area contributed by atoms with Gasteiger partial charge in [0.25, 0.3) is 0 Å². The molecule has 12 fully saturated rings. The Morgan fingerprint density at radius 2 is 0.697 bits per heavy atom. The molecule has 4 aromatic carbocycles. The lowest BCUT2D eigenvalue weighted by atomic mass is 9.53. The fourth-order valence-electron chi connectivity index (χ4n) is 17.8. The van der Waals surface area contributed by atoms with Crippen molar-refractivity contribution in [3.63, 3.8) is 0 Å². The van der Waals surface area contributed by atoms with E-state index in [1.807, 2.05) is 24.3 Å². The molecule has 8 nitrogen and oxygen atoms in total. The Balaban J connectivity index is 0.000000109. The first-order chi connectivity index (χ1) is 37.3. The van der Waals surface area contributed by atoms with Gasteiger partial charge in [-0.3, -0.25) is 0 Å². The van der Waals surface area contributed by atoms with Crippen LogP contribution in [0.15, 0.2) is 149 Å². The molecule has 12 aliphatic carbocycles. The topological polar surface area (TPSA) is 90.1 Å². The predicted molar refractivity (Wildman–Crippen MR) is 299 cm³/mol. The highest BCUT2D eigenvalue weighted by Crippen LogP contribution is 2.58. The van der Waals surface area contributed by atoms with Gasteiger partial charge >= 0.3 is 0 Å². The Morgan fingerprint density at radius 3 is 1.03 bits per heavy atom. The predicted octanol–water partition coefficient (Wildman–Crippen LogP) is 15.2. The third-order valence-electron chi connectivity index (χ3n) is 20.1. The van der Waals surface area contributed by atoms with Crippen LogP contribution in [0.1, 0.15) is 149 Å². The van der Waals surface area contributed by atoms with Gasteiger partial charge in [-0.2, -0.15) is 0 Å². The second-order valence-electron chi connectivity index (χ2n) is 26.1. The van der Waals surface area contributed by atoms with Crippen molar-refractivity contribution in [1.29, 1.82) is 0 Å². The molecule has 0 radical (unpaired) electrons. The van der Waals surface area contributed by atoms with Gasteiger partial charge in [0.05, 0.1) is 18.8 Å². The number of rotatable bonds is 18. The zero-order valence-electron chi connectivity index (χ0n) is 45.0. The van der Waals surface area contributed by atoms with E-state index >= 15 is 0 Å². The summed E-state index contributed by atoms with van der Waals surface area (Å²) in [7, 11) is 0. The standard InChI is InChI=1S/C24H29NO.2C22H27NO2/c1-2-4-19(5-3-1)17-26-23-8-6-18(7-9-23)16-25-24-13-20-10-21(14-24)12-22(11-20)15-24;1-3-21(25-15-17-5-6-24-14-17)4-2-16(1)13-23-22-10-18-7-19(11-22)9-20(8-18)12-22;1-2-21(24-7-1)15-25-20-5-3-16(4-6-20)14-23-22-11-17-8-18(12-22)10-19(9-17)13-22/h1-9,20-22,25H,10-17H2;1-6,14,18-20,23H,7-13,15H2;1-7,17-19,23H,8-15H2. The van der Waals surface area contributed by atoms with Crippen LogP contribution in [0.5, 0.6) is 17.2 Å². The third-order valence-corrected chi connectivity index (χ3v) is 20.1. The average Bonchev–Trinajstić information content (AvgIpc) is 4.18. The molecule has 8 heteroatoms. The molecule has 12 saturated carbocycles. The molecule has 6 aromatic rings. The normalized spacial score (nSPS) is 32.6. The number of ether oxygens (including phenoxy) is 3. The molecule has 0 atom stereocenters. The third kappa shape index (κ3) is 12.2. The highest BCUT2D eigenvalue weighted by molar-refractivity contribution is 5.30. The zero-order chi connectivity index (χ0) is 50.8. The molecule has 2 aromatic heterocycles. The van der Waals surface area contributed by atoms with Crippen molar-refractivity contribution in [1.82, 2.24) is 16.0 Å². The van der Waals surface area contributed by atoms with Crippen molar-refractivity contribution in [2.45, 2.75) is 172 Å². The SMILES string of the molecule is c1cc(COc2ccc(CNC34CC5CC(CC(C5)C3)C4)cc2)co1.c1ccc(COc2ccc(CNC34CC5CC(CC(C5)C3)C4)cc2)cc1.c1coc(COc2ccc(CNC34CC5CC(CC(C5)C3)C4)cc2)c1. The molecule has 76 heavy (non-hydrogen) atoms. The summed E-state index contributed by atoms with van der Waals surface area (Å²) in [6, 6.07) is 41.8. The minimum absolute atomic E-state index is 0.434. The zero-order valence-corrected chi connectivity index (χ0v) is 45.0. The van der Waals surface area contributed by atoms with Crippen LogP contribution in [0.25, 0.3) is 0 Å². The Bertz CT molecular complexity index is 2520. The quantitative estimate of drug-likeness (QED) is 0.0785. The van der Waals surface area contributed by atoms with Crippen molar-refractivity contribution in [3.05, 3.63) is 174 Å². The van der Waals surface area contributed by atoms with Gasteiger partial charge in [-0.05, 0) is 246 Å². The molecule has 12 bridgehead atoms. The molecule has 0 aliphatic heterocycles. The van der Waals surface area contributed by atoms with E-state index in [1.54, 1.807) is 18.8 Å². The van der Waals surface area contributed by atoms with Crippen LogP contribution >= 0.6 is 0 Å². The maximum Gasteiger partial charge on any atom is 0.146 e. The highest BCUT2D eigenvalue weighted by Gasteiger charge is 2.53. The minimum atomic E-state index is 0.434. The van der Waals surface area contributed by atoms with Crippen molar-refractivity contribution in [2.24, 2.45) is 53.3 Å². The summed E-state index contributed by atoms with van der Waals surface area (Å²) < 4.78 is 27.8. The van der Waals surface area contributed by atoms with E-state index < -0.39 is 0 Å². The van der Waals surface area contributed by atoms with E-state index in [4.69, 9.17) is 23.0 Å². The molecule has 0 amide bonds. The fraction of sp³-hybridized carbons (Fsp3) is 0.529. The first-order valence-electron chi connectivity index (χ1n) is 29.8. The number of benzene rings is 4. The molecular formula is C68H83N3O5. The summed E-state index contributed by atoms with van der Waals surface area (Å²) in [4.78, 5) is 0. The smallest absolute Gasteiger partial charge is 0.146 e. The van der Waals surface area contributed by atoms with Crippen molar-refractivity contribution in [2.75, 3.05) is 0 Å². The van der Waals surface area contributed by atoms with Gasteiger partial charge in [0, 0.05) is 41.8 Å². The number of hydrogen-bond donors (Lipinski definition) is 3. The van der Waals surface area contributed by atoms with E-state index in [0.29, 0.717) is 36.4 Å². The van der Waals surface area contributed by atoms with Gasteiger partial charge < -0.3 is 39.0 Å². The van der Waals surface area contributed by atoms with Gasteiger partial charge in [-0.1, -0.05) is 66.7 Å². The molecular weight excluding hydrogens is 939 g/mol. The van der Waals surface area contributed by atoms with E-state index in [1.165, 1.54) is 138 Å². The monoisotopic (exact) mass is 1020 g/mol. The lowest BCUT2D eigenvalue weighted by molar-refractivity contribution is -0.0207. The van der Waals surface area contributed by atoms with Crippen LogP contribution in [-0.2, 0) is 39.5 Å². The molecule has 0 saturated heterocycles. The molecule has 18 rings (SSSR count). The fourth-order valence-corrected chi connectivity index (χ4v) is 17.8. The van der Waals surface area contributed by atoms with Gasteiger partial charge in [-0.15, -0.1) is 0 Å². The van der Waals surface area contributed by atoms with Crippen LogP contribution in [0, 0.1) is 53.3 Å². The Morgan fingerprint density at radius 1 is 0.342 bits per heavy atom. The van der Waals surface area contributed by atoms with E-state index in [-0.39, 0.29) is 0 Å². The summed E-state index contributed by atoms with van der Waals surface area (Å²) in [6.07, 6.45) is 31.3. The molecule has 12 aliphatic rings. The Kier molecular flexibility index (Phi) is 14.7. The number of hydrogen-bond acceptors (Lipinski definition) is 8. The second kappa shape index (κ2) is 22.2. The maximum atomic E-state index is 5.91. The van der Waals surface area contributed by atoms with E-state index in [9.17, 15) is 0 Å². The maximum absolute atomic E-state index is 5.91. The van der Waals surface area contributed by atoms with Crippen molar-refractivity contribution in [3.8, 4) is 17.2 Å². The summed E-state index contributed by atoms with van der Waals surface area (Å²) in [5.74, 6) is 12.6.